The van der Waals surface area contributed by atoms with E-state index in [2.05, 4.69) is 10.6 Å². The molecule has 8 heteroatoms. The third kappa shape index (κ3) is 13.9. The van der Waals surface area contributed by atoms with Gasteiger partial charge in [0.25, 0.3) is 0 Å². The van der Waals surface area contributed by atoms with Gasteiger partial charge in [-0.25, -0.2) is 4.79 Å². The standard InChI is InChI=1S/C20H40N2O6/c1-19(2,10-13-26-6)27-14-11-20(3,4)28-15-17(23)22-16(18(24)25)9-7-8-12-21-5/h16,21H,7-15H2,1-6H3,(H,22,23)(H,24,25)/t16-/m0/s1. The first-order valence-corrected chi connectivity index (χ1v) is 9.96. The molecule has 0 aromatic rings. The Morgan fingerprint density at radius 3 is 2.18 bits per heavy atom. The van der Waals surface area contributed by atoms with Crippen LogP contribution in [0.5, 0.6) is 0 Å². The van der Waals surface area contributed by atoms with Gasteiger partial charge < -0.3 is 30.0 Å². The van der Waals surface area contributed by atoms with Crippen molar-refractivity contribution in [3.63, 3.8) is 0 Å². The van der Waals surface area contributed by atoms with E-state index in [-0.39, 0.29) is 12.2 Å². The highest BCUT2D eigenvalue weighted by Crippen LogP contribution is 2.19. The van der Waals surface area contributed by atoms with E-state index in [0.717, 1.165) is 25.8 Å². The number of nitrogens with one attached hydrogen (secondary N) is 2. The van der Waals surface area contributed by atoms with Crippen LogP contribution >= 0.6 is 0 Å². The molecule has 0 aromatic carbocycles. The Labute approximate surface area is 169 Å². The van der Waals surface area contributed by atoms with E-state index in [9.17, 15) is 14.7 Å². The maximum Gasteiger partial charge on any atom is 0.326 e. The third-order valence-electron chi connectivity index (χ3n) is 4.50. The first-order valence-electron chi connectivity index (χ1n) is 9.96. The van der Waals surface area contributed by atoms with Crippen LogP contribution in [0.4, 0.5) is 0 Å². The molecule has 0 bridgehead atoms. The number of methoxy groups -OCH3 is 1. The molecule has 0 aliphatic rings. The predicted molar refractivity (Wildman–Crippen MR) is 109 cm³/mol. The van der Waals surface area contributed by atoms with Crippen molar-refractivity contribution >= 4 is 11.9 Å². The summed E-state index contributed by atoms with van der Waals surface area (Å²) >= 11 is 0. The molecular weight excluding hydrogens is 364 g/mol. The molecule has 3 N–H and O–H groups in total. The Morgan fingerprint density at radius 1 is 1.00 bits per heavy atom. The molecule has 8 nitrogen and oxygen atoms in total. The average molecular weight is 405 g/mol. The predicted octanol–water partition coefficient (Wildman–Crippen LogP) is 1.96. The monoisotopic (exact) mass is 404 g/mol. The molecular formula is C20H40N2O6. The van der Waals surface area contributed by atoms with E-state index in [1.165, 1.54) is 0 Å². The molecule has 0 spiro atoms. The lowest BCUT2D eigenvalue weighted by Gasteiger charge is -2.29. The number of ether oxygens (including phenoxy) is 3. The quantitative estimate of drug-likeness (QED) is 0.318. The van der Waals surface area contributed by atoms with Gasteiger partial charge in [-0.3, -0.25) is 4.79 Å². The topological polar surface area (TPSA) is 106 Å². The van der Waals surface area contributed by atoms with Gasteiger partial charge in [0.1, 0.15) is 12.6 Å². The molecule has 0 saturated carbocycles. The van der Waals surface area contributed by atoms with E-state index in [1.54, 1.807) is 7.11 Å². The Balaban J connectivity index is 4.25. The van der Waals surface area contributed by atoms with E-state index in [4.69, 9.17) is 14.2 Å². The second kappa shape index (κ2) is 13.9. The Hall–Kier alpha value is -1.22. The smallest absolute Gasteiger partial charge is 0.326 e. The van der Waals surface area contributed by atoms with E-state index >= 15 is 0 Å². The van der Waals surface area contributed by atoms with Gasteiger partial charge in [0.05, 0.1) is 17.8 Å². The second-order valence-electron chi connectivity index (χ2n) is 8.21. The minimum Gasteiger partial charge on any atom is -0.480 e. The van der Waals surface area contributed by atoms with Crippen molar-refractivity contribution in [2.75, 3.05) is 40.5 Å². The number of carboxylic acid groups (broad SMARTS) is 1. The molecule has 0 fully saturated rings. The molecule has 166 valence electrons. The van der Waals surface area contributed by atoms with Crippen LogP contribution in [0.25, 0.3) is 0 Å². The summed E-state index contributed by atoms with van der Waals surface area (Å²) in [6.45, 7) is 9.56. The van der Waals surface area contributed by atoms with Crippen LogP contribution in [0.1, 0.15) is 59.8 Å². The molecule has 1 atom stereocenters. The van der Waals surface area contributed by atoms with Gasteiger partial charge >= 0.3 is 5.97 Å². The minimum atomic E-state index is -1.02. The summed E-state index contributed by atoms with van der Waals surface area (Å²) in [5, 5.41) is 14.8. The average Bonchev–Trinajstić information content (AvgIpc) is 2.60. The zero-order chi connectivity index (χ0) is 21.6. The molecule has 0 aliphatic heterocycles. The summed E-state index contributed by atoms with van der Waals surface area (Å²) in [6, 6.07) is -0.888. The number of amides is 1. The Morgan fingerprint density at radius 2 is 1.61 bits per heavy atom. The second-order valence-corrected chi connectivity index (χ2v) is 8.21. The summed E-state index contributed by atoms with van der Waals surface area (Å²) in [5.41, 5.74) is -0.842. The van der Waals surface area contributed by atoms with Crippen molar-refractivity contribution in [3.8, 4) is 0 Å². The first kappa shape index (κ1) is 26.8. The first-order chi connectivity index (χ1) is 13.0. The van der Waals surface area contributed by atoms with Crippen LogP contribution in [-0.4, -0.2) is 74.7 Å². The van der Waals surface area contributed by atoms with Crippen LogP contribution in [0.3, 0.4) is 0 Å². The number of carbonyl (C=O) groups is 2. The van der Waals surface area contributed by atoms with Crippen LogP contribution in [0.15, 0.2) is 0 Å². The van der Waals surface area contributed by atoms with Gasteiger partial charge in [-0.2, -0.15) is 0 Å². The molecule has 28 heavy (non-hydrogen) atoms. The number of aliphatic carboxylic acids is 1. The Bertz CT molecular complexity index is 454. The molecule has 0 unspecified atom stereocenters. The van der Waals surface area contributed by atoms with Crippen molar-refractivity contribution in [3.05, 3.63) is 0 Å². The van der Waals surface area contributed by atoms with Crippen LogP contribution < -0.4 is 10.6 Å². The molecule has 0 heterocycles. The largest absolute Gasteiger partial charge is 0.480 e. The number of hydrogen-bond acceptors (Lipinski definition) is 6. The fraction of sp³-hybridized carbons (Fsp3) is 0.900. The number of rotatable bonds is 17. The fourth-order valence-electron chi connectivity index (χ4n) is 2.47. The Kier molecular flexibility index (Phi) is 13.3. The molecule has 1 amide bonds. The lowest BCUT2D eigenvalue weighted by Crippen LogP contribution is -2.44. The normalized spacial score (nSPS) is 13.4. The van der Waals surface area contributed by atoms with Crippen molar-refractivity contribution in [2.24, 2.45) is 0 Å². The SMILES string of the molecule is CNCCCC[C@H](NC(=O)COC(C)(C)CCOC(C)(C)CCOC)C(=O)O. The van der Waals surface area contributed by atoms with Gasteiger partial charge in [0.15, 0.2) is 0 Å². The third-order valence-corrected chi connectivity index (χ3v) is 4.50. The number of hydrogen-bond donors (Lipinski definition) is 3. The highest BCUT2D eigenvalue weighted by molar-refractivity contribution is 5.84. The lowest BCUT2D eigenvalue weighted by molar-refractivity contribution is -0.144. The van der Waals surface area contributed by atoms with Gasteiger partial charge in [-0.05, 0) is 73.4 Å². The zero-order valence-corrected chi connectivity index (χ0v) is 18.4. The van der Waals surface area contributed by atoms with Gasteiger partial charge in [0.2, 0.25) is 5.91 Å². The summed E-state index contributed by atoms with van der Waals surface area (Å²) in [7, 11) is 3.51. The summed E-state index contributed by atoms with van der Waals surface area (Å²) in [5.74, 6) is -1.45. The van der Waals surface area contributed by atoms with Crippen molar-refractivity contribution < 1.29 is 28.9 Å². The van der Waals surface area contributed by atoms with Crippen molar-refractivity contribution in [1.82, 2.24) is 10.6 Å². The molecule has 0 aliphatic carbocycles. The summed E-state index contributed by atoms with van der Waals surface area (Å²) in [4.78, 5) is 23.4. The molecule has 0 saturated heterocycles. The van der Waals surface area contributed by atoms with E-state index < -0.39 is 23.5 Å². The highest BCUT2D eigenvalue weighted by Gasteiger charge is 2.25. The minimum absolute atomic E-state index is 0.180. The van der Waals surface area contributed by atoms with Gasteiger partial charge in [-0.15, -0.1) is 0 Å². The van der Waals surface area contributed by atoms with Crippen molar-refractivity contribution in [2.45, 2.75) is 77.0 Å². The summed E-state index contributed by atoms with van der Waals surface area (Å²) in [6.07, 6.45) is 3.39. The van der Waals surface area contributed by atoms with Gasteiger partial charge in [-0.1, -0.05) is 0 Å². The van der Waals surface area contributed by atoms with Crippen LogP contribution in [0.2, 0.25) is 0 Å². The zero-order valence-electron chi connectivity index (χ0n) is 18.4. The van der Waals surface area contributed by atoms with Gasteiger partial charge in [0, 0.05) is 13.7 Å². The van der Waals surface area contributed by atoms with Crippen molar-refractivity contribution in [1.29, 1.82) is 0 Å². The maximum atomic E-state index is 12.1. The molecule has 0 aromatic heterocycles. The molecule has 0 radical (unpaired) electrons. The van der Waals surface area contributed by atoms with Crippen LogP contribution in [-0.2, 0) is 23.8 Å². The highest BCUT2D eigenvalue weighted by atomic mass is 16.5. The number of unbranched alkanes of at least 4 members (excludes halogenated alkanes) is 1. The van der Waals surface area contributed by atoms with E-state index in [1.807, 2.05) is 34.7 Å². The van der Waals surface area contributed by atoms with Crippen LogP contribution in [0, 0.1) is 0 Å². The number of carboxylic acids is 1. The van der Waals surface area contributed by atoms with E-state index in [0.29, 0.717) is 26.1 Å². The maximum absolute atomic E-state index is 12.1. The summed E-state index contributed by atoms with van der Waals surface area (Å²) < 4.78 is 16.7. The fourth-order valence-corrected chi connectivity index (χ4v) is 2.47. The molecule has 0 rings (SSSR count). The number of carbonyl (C=O) groups excluding carboxylic acids is 1. The lowest BCUT2D eigenvalue weighted by atomic mass is 10.0.